The summed E-state index contributed by atoms with van der Waals surface area (Å²) >= 11 is 0. The van der Waals surface area contributed by atoms with Crippen molar-refractivity contribution in [3.05, 3.63) is 30.4 Å². The summed E-state index contributed by atoms with van der Waals surface area (Å²) in [7, 11) is 0. The van der Waals surface area contributed by atoms with Gasteiger partial charge < -0.3 is 4.98 Å². The molecule has 3 aromatic heterocycles. The molecule has 2 atom stereocenters. The minimum atomic E-state index is 0.267. The summed E-state index contributed by atoms with van der Waals surface area (Å²) in [5, 5.41) is 0. The van der Waals surface area contributed by atoms with E-state index in [-0.39, 0.29) is 5.92 Å². The number of carbonyl (C=O) groups excluding carboxylic acids is 1. The molecule has 1 saturated carbocycles. The largest absolute Gasteiger partial charge is 0.345 e. The molecule has 4 rings (SSSR count). The van der Waals surface area contributed by atoms with E-state index >= 15 is 0 Å². The summed E-state index contributed by atoms with van der Waals surface area (Å²) in [4.78, 5) is 23.5. The molecule has 0 amide bonds. The molecule has 1 fully saturated rings. The SMILES string of the molecule is CC1CC(=O)CC1c1cnc2cnc3[nH]ccc3n12. The van der Waals surface area contributed by atoms with Crippen molar-refractivity contribution >= 4 is 22.6 Å². The number of H-pyrrole nitrogens is 1. The maximum atomic E-state index is 11.7. The lowest BCUT2D eigenvalue weighted by Gasteiger charge is -2.14. The van der Waals surface area contributed by atoms with Crippen LogP contribution in [0.15, 0.2) is 24.7 Å². The zero-order valence-corrected chi connectivity index (χ0v) is 10.6. The van der Waals surface area contributed by atoms with Crippen LogP contribution >= 0.6 is 0 Å². The van der Waals surface area contributed by atoms with Crippen LogP contribution in [0.1, 0.15) is 31.4 Å². The second-order valence-electron chi connectivity index (χ2n) is 5.38. The molecule has 0 aromatic carbocycles. The predicted molar refractivity (Wildman–Crippen MR) is 71.0 cm³/mol. The highest BCUT2D eigenvalue weighted by atomic mass is 16.1. The normalized spacial score (nSPS) is 23.7. The van der Waals surface area contributed by atoms with E-state index < -0.39 is 0 Å². The van der Waals surface area contributed by atoms with Crippen LogP contribution in [0, 0.1) is 5.92 Å². The summed E-state index contributed by atoms with van der Waals surface area (Å²) in [6, 6.07) is 2.00. The molecule has 3 heterocycles. The number of Topliss-reactive ketones (excluding diaryl/α,β-unsaturated/α-hetero) is 1. The Balaban J connectivity index is 1.99. The molecule has 0 aliphatic heterocycles. The number of hydrogen-bond acceptors (Lipinski definition) is 3. The number of rotatable bonds is 1. The lowest BCUT2D eigenvalue weighted by Crippen LogP contribution is -2.06. The molecule has 19 heavy (non-hydrogen) atoms. The lowest BCUT2D eigenvalue weighted by atomic mass is 9.95. The third-order valence-electron chi connectivity index (χ3n) is 4.13. The van der Waals surface area contributed by atoms with Gasteiger partial charge in [-0.15, -0.1) is 0 Å². The molecule has 96 valence electrons. The fourth-order valence-electron chi connectivity index (χ4n) is 3.18. The first kappa shape index (κ1) is 10.7. The van der Waals surface area contributed by atoms with Gasteiger partial charge in [0.2, 0.25) is 0 Å². The number of carbonyl (C=O) groups is 1. The third kappa shape index (κ3) is 1.44. The van der Waals surface area contributed by atoms with Crippen LogP contribution in [-0.4, -0.2) is 25.1 Å². The summed E-state index contributed by atoms with van der Waals surface area (Å²) in [6.45, 7) is 2.14. The Morgan fingerprint density at radius 2 is 2.21 bits per heavy atom. The number of hydrogen-bond donors (Lipinski definition) is 1. The van der Waals surface area contributed by atoms with Gasteiger partial charge in [0.05, 0.1) is 11.7 Å². The summed E-state index contributed by atoms with van der Waals surface area (Å²) < 4.78 is 2.12. The maximum Gasteiger partial charge on any atom is 0.156 e. The van der Waals surface area contributed by atoms with Gasteiger partial charge in [-0.1, -0.05) is 6.92 Å². The third-order valence-corrected chi connectivity index (χ3v) is 4.13. The monoisotopic (exact) mass is 254 g/mol. The van der Waals surface area contributed by atoms with Crippen LogP contribution in [0.25, 0.3) is 16.8 Å². The number of ketones is 1. The molecular weight excluding hydrogens is 240 g/mol. The first-order valence-corrected chi connectivity index (χ1v) is 6.55. The van der Waals surface area contributed by atoms with Crippen LogP contribution in [-0.2, 0) is 4.79 Å². The Hall–Kier alpha value is -2.17. The highest BCUT2D eigenvalue weighted by Gasteiger charge is 2.33. The fraction of sp³-hybridized carbons (Fsp3) is 0.357. The van der Waals surface area contributed by atoms with Crippen molar-refractivity contribution < 1.29 is 4.79 Å². The molecule has 5 nitrogen and oxygen atoms in total. The maximum absolute atomic E-state index is 11.7. The number of nitrogens with zero attached hydrogens (tertiary/aromatic N) is 3. The van der Waals surface area contributed by atoms with E-state index in [2.05, 4.69) is 26.3 Å². The predicted octanol–water partition coefficient (Wildman–Crippen LogP) is 2.29. The van der Waals surface area contributed by atoms with E-state index in [0.717, 1.165) is 22.5 Å². The van der Waals surface area contributed by atoms with E-state index in [4.69, 9.17) is 0 Å². The van der Waals surface area contributed by atoms with Crippen LogP contribution in [0.3, 0.4) is 0 Å². The highest BCUT2D eigenvalue weighted by Crippen LogP contribution is 2.38. The van der Waals surface area contributed by atoms with E-state index in [1.54, 1.807) is 6.20 Å². The first-order chi connectivity index (χ1) is 9.24. The molecule has 0 saturated heterocycles. The Morgan fingerprint density at radius 3 is 3.00 bits per heavy atom. The molecule has 0 radical (unpaired) electrons. The topological polar surface area (TPSA) is 63.0 Å². The summed E-state index contributed by atoms with van der Waals surface area (Å²) in [5.74, 6) is 1.00. The Morgan fingerprint density at radius 1 is 1.32 bits per heavy atom. The second kappa shape index (κ2) is 3.66. The van der Waals surface area contributed by atoms with E-state index in [1.165, 1.54) is 0 Å². The average molecular weight is 254 g/mol. The Labute approximate surface area is 109 Å². The zero-order chi connectivity index (χ0) is 13.0. The standard InChI is InChI=1S/C14H14N4O/c1-8-4-9(19)5-10(8)12-6-16-13-7-17-14-11(18(12)13)2-3-15-14/h2-3,6-8,10,15H,4-5H2,1H3. The molecular formula is C14H14N4O. The van der Waals surface area contributed by atoms with Gasteiger partial charge >= 0.3 is 0 Å². The molecule has 1 N–H and O–H groups in total. The smallest absolute Gasteiger partial charge is 0.156 e. The number of aromatic amines is 1. The van der Waals surface area contributed by atoms with Crippen LogP contribution in [0.5, 0.6) is 0 Å². The quantitative estimate of drug-likeness (QED) is 0.724. The van der Waals surface area contributed by atoms with Gasteiger partial charge in [-0.05, 0) is 12.0 Å². The van der Waals surface area contributed by atoms with Crippen molar-refractivity contribution in [3.63, 3.8) is 0 Å². The number of aromatic nitrogens is 4. The van der Waals surface area contributed by atoms with Crippen molar-refractivity contribution in [2.75, 3.05) is 0 Å². The van der Waals surface area contributed by atoms with Gasteiger partial charge in [-0.3, -0.25) is 9.20 Å². The summed E-state index contributed by atoms with van der Waals surface area (Å²) in [6.07, 6.45) is 6.85. The molecule has 0 bridgehead atoms. The van der Waals surface area contributed by atoms with E-state index in [9.17, 15) is 4.79 Å². The van der Waals surface area contributed by atoms with Gasteiger partial charge in [-0.2, -0.15) is 0 Å². The van der Waals surface area contributed by atoms with Gasteiger partial charge in [0, 0.05) is 36.8 Å². The molecule has 1 aliphatic carbocycles. The minimum Gasteiger partial charge on any atom is -0.345 e. The zero-order valence-electron chi connectivity index (χ0n) is 10.6. The van der Waals surface area contributed by atoms with Gasteiger partial charge in [0.15, 0.2) is 11.3 Å². The Bertz CT molecular complexity index is 785. The summed E-state index contributed by atoms with van der Waals surface area (Å²) in [5.41, 5.74) is 3.84. The minimum absolute atomic E-state index is 0.267. The van der Waals surface area contributed by atoms with Crippen molar-refractivity contribution in [2.45, 2.75) is 25.7 Å². The van der Waals surface area contributed by atoms with Crippen molar-refractivity contribution in [1.29, 1.82) is 0 Å². The van der Waals surface area contributed by atoms with Crippen LogP contribution in [0.2, 0.25) is 0 Å². The lowest BCUT2D eigenvalue weighted by molar-refractivity contribution is -0.117. The van der Waals surface area contributed by atoms with E-state index in [0.29, 0.717) is 24.5 Å². The van der Waals surface area contributed by atoms with Crippen LogP contribution in [0.4, 0.5) is 0 Å². The van der Waals surface area contributed by atoms with E-state index in [1.807, 2.05) is 18.5 Å². The molecule has 5 heteroatoms. The number of nitrogens with one attached hydrogen (secondary N) is 1. The molecule has 0 spiro atoms. The van der Waals surface area contributed by atoms with Crippen molar-refractivity contribution in [3.8, 4) is 0 Å². The number of fused-ring (bicyclic) bond motifs is 3. The fourth-order valence-corrected chi connectivity index (χ4v) is 3.18. The van der Waals surface area contributed by atoms with Crippen LogP contribution < -0.4 is 0 Å². The van der Waals surface area contributed by atoms with Gasteiger partial charge in [0.1, 0.15) is 5.78 Å². The first-order valence-electron chi connectivity index (χ1n) is 6.55. The Kier molecular flexibility index (Phi) is 2.07. The molecule has 3 aromatic rings. The van der Waals surface area contributed by atoms with Crippen molar-refractivity contribution in [1.82, 2.24) is 19.4 Å². The van der Waals surface area contributed by atoms with Crippen molar-refractivity contribution in [2.24, 2.45) is 5.92 Å². The second-order valence-corrected chi connectivity index (χ2v) is 5.38. The van der Waals surface area contributed by atoms with Gasteiger partial charge in [-0.25, -0.2) is 9.97 Å². The molecule has 2 unspecified atom stereocenters. The molecule has 1 aliphatic rings. The average Bonchev–Trinajstić information content (AvgIpc) is 3.05. The highest BCUT2D eigenvalue weighted by molar-refractivity contribution is 5.82. The van der Waals surface area contributed by atoms with Gasteiger partial charge in [0.25, 0.3) is 0 Å². The number of imidazole rings is 1.